The lowest BCUT2D eigenvalue weighted by Gasteiger charge is -2.25. The third-order valence-electron chi connectivity index (χ3n) is 7.06. The maximum atomic E-state index is 14.1. The second-order valence-electron chi connectivity index (χ2n) is 9.93. The highest BCUT2D eigenvalue weighted by Gasteiger charge is 2.34. The number of fused-ring (bicyclic) bond motifs is 1. The Hall–Kier alpha value is -5.04. The van der Waals surface area contributed by atoms with E-state index in [9.17, 15) is 14.4 Å². The number of Topliss-reactive ketones (excluding diaryl/α,β-unsaturated/α-hetero) is 1. The van der Waals surface area contributed by atoms with Crippen molar-refractivity contribution in [2.24, 2.45) is 4.99 Å². The summed E-state index contributed by atoms with van der Waals surface area (Å²) >= 11 is 0. The summed E-state index contributed by atoms with van der Waals surface area (Å²) in [6.45, 7) is 3.75. The summed E-state index contributed by atoms with van der Waals surface area (Å²) in [4.78, 5) is 47.1. The zero-order valence-electron chi connectivity index (χ0n) is 23.1. The lowest BCUT2D eigenvalue weighted by molar-refractivity contribution is -0.120. The van der Waals surface area contributed by atoms with Crippen LogP contribution in [-0.2, 0) is 11.2 Å². The van der Waals surface area contributed by atoms with E-state index >= 15 is 0 Å². The van der Waals surface area contributed by atoms with Gasteiger partial charge in [0.15, 0.2) is 5.78 Å². The summed E-state index contributed by atoms with van der Waals surface area (Å²) in [5, 5.41) is 5.67. The van der Waals surface area contributed by atoms with Crippen molar-refractivity contribution in [3.05, 3.63) is 131 Å². The standard InChI is InChI=1S/C34H32N4O3/c1-3-13-24-15-8-11-20-28(24)35-34(41)37-32-33(40)38(22-30(39)26-18-9-7-14-23(26)2)29-21-12-10-19-27(29)31(36-32)25-16-5-4-6-17-25/h4-12,14-21,32H,3,13,22H2,1-2H3,(H2,35,37,41)/t32-/m0/s1. The van der Waals surface area contributed by atoms with Gasteiger partial charge in [0.05, 0.1) is 17.9 Å². The summed E-state index contributed by atoms with van der Waals surface area (Å²) in [5.41, 5.74) is 5.65. The Balaban J connectivity index is 1.53. The van der Waals surface area contributed by atoms with Gasteiger partial charge >= 0.3 is 6.03 Å². The van der Waals surface area contributed by atoms with E-state index in [0.29, 0.717) is 28.2 Å². The normalized spacial score (nSPS) is 14.5. The number of hydrogen-bond acceptors (Lipinski definition) is 4. The Morgan fingerprint density at radius 2 is 1.54 bits per heavy atom. The quantitative estimate of drug-likeness (QED) is 0.260. The number of carbonyl (C=O) groups is 3. The van der Waals surface area contributed by atoms with Gasteiger partial charge in [0.1, 0.15) is 0 Å². The molecule has 0 saturated carbocycles. The number of hydrogen-bond donors (Lipinski definition) is 2. The van der Waals surface area contributed by atoms with Crippen molar-refractivity contribution in [3.8, 4) is 0 Å². The first-order valence-corrected chi connectivity index (χ1v) is 13.7. The summed E-state index contributed by atoms with van der Waals surface area (Å²) < 4.78 is 0. The predicted octanol–water partition coefficient (Wildman–Crippen LogP) is 6.16. The summed E-state index contributed by atoms with van der Waals surface area (Å²) in [5.74, 6) is -0.701. The molecule has 1 aliphatic heterocycles. The molecular formula is C34H32N4O3. The molecule has 0 aromatic heterocycles. The molecule has 0 saturated heterocycles. The van der Waals surface area contributed by atoms with Gasteiger partial charge in [0.2, 0.25) is 6.17 Å². The first kappa shape index (κ1) is 27.5. The van der Waals surface area contributed by atoms with Crippen LogP contribution in [0.25, 0.3) is 0 Å². The molecule has 41 heavy (non-hydrogen) atoms. The molecule has 1 heterocycles. The fourth-order valence-corrected chi connectivity index (χ4v) is 5.04. The molecule has 1 aliphatic rings. The number of urea groups is 1. The molecule has 1 atom stereocenters. The topological polar surface area (TPSA) is 90.9 Å². The number of rotatable bonds is 8. The average Bonchev–Trinajstić information content (AvgIpc) is 3.09. The Bertz CT molecular complexity index is 1610. The number of benzodiazepines with no additional fused rings is 1. The molecule has 0 fully saturated rings. The molecule has 4 aromatic carbocycles. The van der Waals surface area contributed by atoms with Crippen molar-refractivity contribution < 1.29 is 14.4 Å². The van der Waals surface area contributed by atoms with Crippen molar-refractivity contribution in [1.82, 2.24) is 5.32 Å². The van der Waals surface area contributed by atoms with Crippen molar-refractivity contribution in [2.75, 3.05) is 16.8 Å². The van der Waals surface area contributed by atoms with E-state index in [-0.39, 0.29) is 12.3 Å². The number of nitrogens with one attached hydrogen (secondary N) is 2. The fourth-order valence-electron chi connectivity index (χ4n) is 5.04. The summed E-state index contributed by atoms with van der Waals surface area (Å²) in [6.07, 6.45) is 0.466. The van der Waals surface area contributed by atoms with Crippen LogP contribution in [0, 0.1) is 6.92 Å². The van der Waals surface area contributed by atoms with Gasteiger partial charge in [-0.05, 0) is 36.6 Å². The number of aryl methyl sites for hydroxylation is 2. The second kappa shape index (κ2) is 12.4. The third kappa shape index (κ3) is 6.09. The van der Waals surface area contributed by atoms with Gasteiger partial charge in [-0.2, -0.15) is 0 Å². The minimum atomic E-state index is -1.26. The van der Waals surface area contributed by atoms with Crippen LogP contribution in [0.15, 0.2) is 108 Å². The smallest absolute Gasteiger partial charge is 0.308 e. The van der Waals surface area contributed by atoms with E-state index < -0.39 is 18.1 Å². The average molecular weight is 545 g/mol. The van der Waals surface area contributed by atoms with Crippen LogP contribution in [0.5, 0.6) is 0 Å². The highest BCUT2D eigenvalue weighted by atomic mass is 16.2. The molecule has 0 unspecified atom stereocenters. The number of ketones is 1. The minimum Gasteiger partial charge on any atom is -0.308 e. The summed E-state index contributed by atoms with van der Waals surface area (Å²) in [7, 11) is 0. The lowest BCUT2D eigenvalue weighted by Crippen LogP contribution is -2.50. The lowest BCUT2D eigenvalue weighted by atomic mass is 9.99. The van der Waals surface area contributed by atoms with Crippen LogP contribution in [0.1, 0.15) is 46.0 Å². The molecule has 3 amide bonds. The molecule has 5 rings (SSSR count). The number of nitrogens with zero attached hydrogens (tertiary/aromatic N) is 2. The van der Waals surface area contributed by atoms with E-state index in [0.717, 1.165) is 29.5 Å². The van der Waals surface area contributed by atoms with Crippen molar-refractivity contribution >= 4 is 34.8 Å². The predicted molar refractivity (Wildman–Crippen MR) is 163 cm³/mol. The van der Waals surface area contributed by atoms with Crippen LogP contribution < -0.4 is 15.5 Å². The first-order chi connectivity index (χ1) is 20.0. The van der Waals surface area contributed by atoms with E-state index in [2.05, 4.69) is 17.6 Å². The zero-order chi connectivity index (χ0) is 28.8. The van der Waals surface area contributed by atoms with Crippen LogP contribution in [-0.4, -0.2) is 36.1 Å². The van der Waals surface area contributed by atoms with E-state index in [1.807, 2.05) is 91.9 Å². The minimum absolute atomic E-state index is 0.197. The summed E-state index contributed by atoms with van der Waals surface area (Å²) in [6, 6.07) is 31.2. The number of aliphatic imine (C=N–C) groups is 1. The van der Waals surface area contributed by atoms with E-state index in [4.69, 9.17) is 4.99 Å². The molecule has 4 aromatic rings. The molecule has 7 heteroatoms. The van der Waals surface area contributed by atoms with Gasteiger partial charge in [-0.25, -0.2) is 9.79 Å². The van der Waals surface area contributed by atoms with Crippen molar-refractivity contribution in [1.29, 1.82) is 0 Å². The van der Waals surface area contributed by atoms with E-state index in [1.54, 1.807) is 18.2 Å². The monoisotopic (exact) mass is 544 g/mol. The second-order valence-corrected chi connectivity index (χ2v) is 9.93. The van der Waals surface area contributed by atoms with Crippen LogP contribution in [0.2, 0.25) is 0 Å². The maximum absolute atomic E-state index is 14.1. The van der Waals surface area contributed by atoms with Gasteiger partial charge in [-0.15, -0.1) is 0 Å². The Morgan fingerprint density at radius 1 is 0.854 bits per heavy atom. The molecule has 2 N–H and O–H groups in total. The maximum Gasteiger partial charge on any atom is 0.321 e. The van der Waals surface area contributed by atoms with Crippen LogP contribution in [0.4, 0.5) is 16.2 Å². The van der Waals surface area contributed by atoms with Crippen molar-refractivity contribution in [2.45, 2.75) is 32.9 Å². The molecule has 7 nitrogen and oxygen atoms in total. The zero-order valence-corrected chi connectivity index (χ0v) is 23.1. The number of carbonyl (C=O) groups excluding carboxylic acids is 3. The van der Waals surface area contributed by atoms with Gasteiger partial charge in [-0.3, -0.25) is 9.59 Å². The number of benzene rings is 4. The van der Waals surface area contributed by atoms with Gasteiger partial charge in [0, 0.05) is 22.4 Å². The largest absolute Gasteiger partial charge is 0.321 e. The Morgan fingerprint density at radius 3 is 2.32 bits per heavy atom. The highest BCUT2D eigenvalue weighted by Crippen LogP contribution is 2.29. The molecule has 206 valence electrons. The first-order valence-electron chi connectivity index (χ1n) is 13.7. The van der Waals surface area contributed by atoms with Crippen LogP contribution >= 0.6 is 0 Å². The van der Waals surface area contributed by atoms with Crippen LogP contribution in [0.3, 0.4) is 0 Å². The number of anilines is 2. The third-order valence-corrected chi connectivity index (χ3v) is 7.06. The SMILES string of the molecule is CCCc1ccccc1NC(=O)N[C@@H]1N=C(c2ccccc2)c2ccccc2N(CC(=O)c2ccccc2C)C1=O. The molecule has 0 spiro atoms. The highest BCUT2D eigenvalue weighted by molar-refractivity contribution is 6.21. The molecule has 0 bridgehead atoms. The van der Waals surface area contributed by atoms with Gasteiger partial charge < -0.3 is 15.5 Å². The fraction of sp³-hybridized carbons (Fsp3) is 0.176. The molecule has 0 radical (unpaired) electrons. The van der Waals surface area contributed by atoms with Gasteiger partial charge in [0.25, 0.3) is 5.91 Å². The Labute approximate surface area is 239 Å². The Kier molecular flexibility index (Phi) is 8.34. The van der Waals surface area contributed by atoms with Crippen molar-refractivity contribution in [3.63, 3.8) is 0 Å². The number of amides is 3. The van der Waals surface area contributed by atoms with Gasteiger partial charge in [-0.1, -0.05) is 104 Å². The molecule has 0 aliphatic carbocycles. The molecular weight excluding hydrogens is 512 g/mol. The van der Waals surface area contributed by atoms with E-state index in [1.165, 1.54) is 4.90 Å². The number of para-hydroxylation sites is 2.